The summed E-state index contributed by atoms with van der Waals surface area (Å²) in [5, 5.41) is 4.31. The molecule has 0 fully saturated rings. The summed E-state index contributed by atoms with van der Waals surface area (Å²) in [5.74, 6) is 0. The molecule has 2 nitrogen and oxygen atoms in total. The lowest BCUT2D eigenvalue weighted by Gasteiger charge is -2.50. The molecule has 0 saturated heterocycles. The highest BCUT2D eigenvalue weighted by atomic mass is 31.1. The molecule has 0 aliphatic carbocycles. The normalized spacial score (nSPS) is 15.2. The number of nitrogens with zero attached hydrogens (tertiary/aromatic N) is 2. The van der Waals surface area contributed by atoms with Gasteiger partial charge in [-0.25, -0.2) is 0 Å². The Bertz CT molecular complexity index is 2760. The molecule has 1 atom stereocenters. The maximum absolute atomic E-state index is 2.64. The Morgan fingerprint density at radius 2 is 0.849 bits per heavy atom. The molecule has 5 heteroatoms. The van der Waals surface area contributed by atoms with Gasteiger partial charge in [0.25, 0.3) is 6.71 Å². The molecule has 12 rings (SSSR count). The van der Waals surface area contributed by atoms with Gasteiger partial charge in [0.1, 0.15) is 0 Å². The zero-order chi connectivity index (χ0) is 34.6. The van der Waals surface area contributed by atoms with Crippen molar-refractivity contribution >= 4 is 104 Å². The Morgan fingerprint density at radius 1 is 0.358 bits per heavy atom. The van der Waals surface area contributed by atoms with Crippen molar-refractivity contribution in [3.8, 4) is 11.1 Å². The van der Waals surface area contributed by atoms with Gasteiger partial charge in [-0.1, -0.05) is 163 Å². The molecule has 8 aromatic carbocycles. The lowest BCUT2D eigenvalue weighted by molar-refractivity contribution is 1.26. The van der Waals surface area contributed by atoms with Crippen molar-refractivity contribution in [1.82, 2.24) is 0 Å². The number of hydrogen-bond donors (Lipinski definition) is 0. The SMILES string of the molecule is c1ccc(-c2ccccc2N2c3ccccc3B3c4ccccc4N4c5ccccc5B5c6ccccc6P(c6ccccc6)c6cc2c3c4c65)cc1. The van der Waals surface area contributed by atoms with E-state index in [1.807, 2.05) is 0 Å². The number of anilines is 6. The summed E-state index contributed by atoms with van der Waals surface area (Å²) in [6.45, 7) is 0.240. The van der Waals surface area contributed by atoms with Gasteiger partial charge in [0.05, 0.1) is 5.69 Å². The van der Waals surface area contributed by atoms with E-state index in [0.29, 0.717) is 0 Å². The molecule has 0 radical (unpaired) electrons. The monoisotopic (exact) mass is 688 g/mol. The third kappa shape index (κ3) is 3.99. The molecule has 0 spiro atoms. The average Bonchev–Trinajstić information content (AvgIpc) is 3.23. The first-order chi connectivity index (χ1) is 26.4. The van der Waals surface area contributed by atoms with Crippen LogP contribution >= 0.6 is 7.92 Å². The van der Waals surface area contributed by atoms with Crippen LogP contribution in [0.4, 0.5) is 34.1 Å². The van der Waals surface area contributed by atoms with Gasteiger partial charge in [-0.15, -0.1) is 0 Å². The maximum atomic E-state index is 2.64. The van der Waals surface area contributed by atoms with Gasteiger partial charge in [0.15, 0.2) is 0 Å². The molecule has 8 aromatic rings. The largest absolute Gasteiger partial charge is 0.312 e. The second-order valence-electron chi connectivity index (χ2n) is 14.4. The van der Waals surface area contributed by atoms with E-state index >= 15 is 0 Å². The molecule has 0 bridgehead atoms. The third-order valence-corrected chi connectivity index (χ3v) is 14.4. The van der Waals surface area contributed by atoms with Gasteiger partial charge < -0.3 is 9.80 Å². The number of hydrogen-bond acceptors (Lipinski definition) is 2. The van der Waals surface area contributed by atoms with Crippen LogP contribution in [-0.4, -0.2) is 13.4 Å². The molecule has 1 unspecified atom stereocenters. The van der Waals surface area contributed by atoms with Crippen molar-refractivity contribution in [1.29, 1.82) is 0 Å². The first-order valence-electron chi connectivity index (χ1n) is 18.5. The first kappa shape index (κ1) is 29.5. The number of rotatable bonds is 3. The van der Waals surface area contributed by atoms with Crippen molar-refractivity contribution < 1.29 is 0 Å². The second kappa shape index (κ2) is 11.2. The minimum atomic E-state index is -0.854. The molecule has 0 saturated carbocycles. The number of para-hydroxylation sites is 4. The molecular formula is C48H31B2N2P. The van der Waals surface area contributed by atoms with Crippen molar-refractivity contribution in [3.63, 3.8) is 0 Å². The number of fused-ring (bicyclic) bond motifs is 10. The molecule has 0 aromatic heterocycles. The molecule has 0 N–H and O–H groups in total. The third-order valence-electron chi connectivity index (χ3n) is 11.8. The van der Waals surface area contributed by atoms with Crippen LogP contribution in [0.3, 0.4) is 0 Å². The summed E-state index contributed by atoms with van der Waals surface area (Å²) < 4.78 is 0. The lowest BCUT2D eigenvalue weighted by Crippen LogP contribution is -2.72. The second-order valence-corrected chi connectivity index (χ2v) is 16.6. The van der Waals surface area contributed by atoms with Crippen LogP contribution in [0.5, 0.6) is 0 Å². The van der Waals surface area contributed by atoms with Crippen molar-refractivity contribution in [2.45, 2.75) is 0 Å². The zero-order valence-corrected chi connectivity index (χ0v) is 29.8. The summed E-state index contributed by atoms with van der Waals surface area (Å²) in [7, 11) is -0.854. The van der Waals surface area contributed by atoms with E-state index in [1.165, 1.54) is 93.9 Å². The summed E-state index contributed by atoms with van der Waals surface area (Å²) in [6, 6.07) is 70.6. The number of benzene rings is 8. The van der Waals surface area contributed by atoms with Gasteiger partial charge in [-0.3, -0.25) is 0 Å². The molecule has 53 heavy (non-hydrogen) atoms. The van der Waals surface area contributed by atoms with E-state index in [4.69, 9.17) is 0 Å². The zero-order valence-electron chi connectivity index (χ0n) is 28.9. The fourth-order valence-electron chi connectivity index (χ4n) is 9.83. The Morgan fingerprint density at radius 3 is 1.51 bits per heavy atom. The van der Waals surface area contributed by atoms with E-state index in [2.05, 4.69) is 198 Å². The summed E-state index contributed by atoms with van der Waals surface area (Å²) in [4.78, 5) is 5.23. The smallest absolute Gasteiger partial charge is 0.252 e. The van der Waals surface area contributed by atoms with Gasteiger partial charge in [0.2, 0.25) is 6.71 Å². The Kier molecular flexibility index (Phi) is 6.24. The Balaban J connectivity index is 1.27. The van der Waals surface area contributed by atoms with E-state index in [-0.39, 0.29) is 13.4 Å². The molecule has 4 heterocycles. The van der Waals surface area contributed by atoms with Crippen molar-refractivity contribution in [2.75, 3.05) is 9.80 Å². The summed E-state index contributed by atoms with van der Waals surface area (Å²) in [5.41, 5.74) is 18.5. The average molecular weight is 688 g/mol. The highest BCUT2D eigenvalue weighted by Gasteiger charge is 2.51. The fraction of sp³-hybridized carbons (Fsp3) is 0. The van der Waals surface area contributed by atoms with Crippen LogP contribution in [0.15, 0.2) is 188 Å². The Labute approximate surface area is 311 Å². The molecule has 244 valence electrons. The summed E-state index contributed by atoms with van der Waals surface area (Å²) >= 11 is 0. The fourth-order valence-corrected chi connectivity index (χ4v) is 12.5. The standard InChI is InChI=1S/C48H31B2N2P/c1-3-17-32(18-4-1)34-21-7-12-26-39(34)51-40-27-13-8-22-35(40)49-36-23-9-14-28-41(36)52-42-29-15-10-24-37(42)50-38-25-11-16-30-44(38)53(33-19-5-2-6-20-33)45-31-43(51)46(49)48(52)47(45)50/h1-31H. The highest BCUT2D eigenvalue weighted by molar-refractivity contribution is 7.81. The Hall–Kier alpha value is -6.08. The van der Waals surface area contributed by atoms with Gasteiger partial charge >= 0.3 is 0 Å². The molecular weight excluding hydrogens is 657 g/mol. The van der Waals surface area contributed by atoms with E-state index < -0.39 is 7.92 Å². The lowest BCUT2D eigenvalue weighted by atomic mass is 9.29. The van der Waals surface area contributed by atoms with Crippen LogP contribution in [-0.2, 0) is 0 Å². The van der Waals surface area contributed by atoms with Crippen molar-refractivity contribution in [2.24, 2.45) is 0 Å². The van der Waals surface area contributed by atoms with Crippen LogP contribution < -0.4 is 58.5 Å². The van der Waals surface area contributed by atoms with Gasteiger partial charge in [-0.05, 0) is 87.0 Å². The molecule has 4 aliphatic rings. The van der Waals surface area contributed by atoms with Gasteiger partial charge in [-0.2, -0.15) is 0 Å². The minimum Gasteiger partial charge on any atom is -0.312 e. The maximum Gasteiger partial charge on any atom is 0.252 e. The highest BCUT2D eigenvalue weighted by Crippen LogP contribution is 2.48. The first-order valence-corrected chi connectivity index (χ1v) is 19.9. The topological polar surface area (TPSA) is 6.48 Å². The van der Waals surface area contributed by atoms with E-state index in [0.717, 1.165) is 0 Å². The van der Waals surface area contributed by atoms with E-state index in [1.54, 1.807) is 0 Å². The van der Waals surface area contributed by atoms with Gasteiger partial charge in [0, 0.05) is 34.0 Å². The predicted octanol–water partition coefficient (Wildman–Crippen LogP) is 6.34. The van der Waals surface area contributed by atoms with E-state index in [9.17, 15) is 0 Å². The quantitative estimate of drug-likeness (QED) is 0.158. The molecule has 4 aliphatic heterocycles. The van der Waals surface area contributed by atoms with Crippen LogP contribution in [0.2, 0.25) is 0 Å². The summed E-state index contributed by atoms with van der Waals surface area (Å²) in [6.07, 6.45) is 0. The molecule has 0 amide bonds. The predicted molar refractivity (Wildman–Crippen MR) is 229 cm³/mol. The van der Waals surface area contributed by atoms with Crippen LogP contribution in [0.25, 0.3) is 11.1 Å². The van der Waals surface area contributed by atoms with Crippen molar-refractivity contribution in [3.05, 3.63) is 188 Å². The van der Waals surface area contributed by atoms with Crippen LogP contribution in [0, 0.1) is 0 Å². The van der Waals surface area contributed by atoms with Crippen LogP contribution in [0.1, 0.15) is 0 Å². The minimum absolute atomic E-state index is 0.0973.